The van der Waals surface area contributed by atoms with Gasteiger partial charge in [0.2, 0.25) is 0 Å². The molecule has 0 aliphatic carbocycles. The number of aromatic nitrogens is 2. The van der Waals surface area contributed by atoms with Gasteiger partial charge in [-0.15, -0.1) is 0 Å². The first-order chi connectivity index (χ1) is 20.5. The molecule has 0 bridgehead atoms. The van der Waals surface area contributed by atoms with Gasteiger partial charge in [0.15, 0.2) is 0 Å². The van der Waals surface area contributed by atoms with E-state index in [0.29, 0.717) is 10.7 Å². The fourth-order valence-electron chi connectivity index (χ4n) is 3.99. The maximum atomic E-state index is 14.0. The number of alkyl carbamates (subject to hydrolysis) is 1. The van der Waals surface area contributed by atoms with Gasteiger partial charge in [0, 0.05) is 19.2 Å². The number of hydrogen-bond donors (Lipinski definition) is 2. The van der Waals surface area contributed by atoms with E-state index in [1.807, 2.05) is 0 Å². The Bertz CT molecular complexity index is 1350. The molecular formula is C28H38Cl2N6O8. The molecule has 242 valence electrons. The number of benzene rings is 1. The van der Waals surface area contributed by atoms with Gasteiger partial charge in [-0.2, -0.15) is 4.90 Å². The Hall–Kier alpha value is -3.75. The van der Waals surface area contributed by atoms with Gasteiger partial charge in [-0.05, 0) is 41.5 Å². The van der Waals surface area contributed by atoms with Gasteiger partial charge < -0.3 is 34.3 Å². The van der Waals surface area contributed by atoms with E-state index in [1.165, 1.54) is 39.7 Å². The number of halogens is 2. The van der Waals surface area contributed by atoms with E-state index in [2.05, 4.69) is 20.6 Å². The summed E-state index contributed by atoms with van der Waals surface area (Å²) in [5.74, 6) is 0.644. The number of amides is 4. The highest BCUT2D eigenvalue weighted by molar-refractivity contribution is 6.43. The van der Waals surface area contributed by atoms with Gasteiger partial charge >= 0.3 is 18.2 Å². The number of ether oxygens (including phenoxy) is 5. The lowest BCUT2D eigenvalue weighted by molar-refractivity contribution is 0.0495. The van der Waals surface area contributed by atoms with Crippen molar-refractivity contribution >= 4 is 58.7 Å². The summed E-state index contributed by atoms with van der Waals surface area (Å²) in [6.07, 6.45) is -0.401. The van der Waals surface area contributed by atoms with Crippen LogP contribution in [0.5, 0.6) is 11.5 Å². The summed E-state index contributed by atoms with van der Waals surface area (Å²) >= 11 is 13.2. The van der Waals surface area contributed by atoms with Crippen molar-refractivity contribution in [2.45, 2.75) is 64.8 Å². The van der Waals surface area contributed by atoms with Crippen LogP contribution in [-0.4, -0.2) is 86.0 Å². The maximum Gasteiger partial charge on any atom is 0.423 e. The van der Waals surface area contributed by atoms with Crippen LogP contribution in [0.2, 0.25) is 10.0 Å². The zero-order valence-electron chi connectivity index (χ0n) is 26.1. The van der Waals surface area contributed by atoms with Crippen molar-refractivity contribution in [3.63, 3.8) is 0 Å². The van der Waals surface area contributed by atoms with Crippen molar-refractivity contribution in [2.24, 2.45) is 0 Å². The van der Waals surface area contributed by atoms with Crippen molar-refractivity contribution in [2.75, 3.05) is 49.6 Å². The number of carbonyl (C=O) groups is 3. The molecule has 0 radical (unpaired) electrons. The Morgan fingerprint density at radius 2 is 1.48 bits per heavy atom. The third-order valence-electron chi connectivity index (χ3n) is 5.94. The summed E-state index contributed by atoms with van der Waals surface area (Å²) in [5, 5.41) is 5.74. The van der Waals surface area contributed by atoms with Gasteiger partial charge in [-0.25, -0.2) is 24.4 Å². The maximum absolute atomic E-state index is 14.0. The minimum Gasteiger partial charge on any atom is -0.495 e. The summed E-state index contributed by atoms with van der Waals surface area (Å²) < 4.78 is 27.1. The molecule has 4 amide bonds. The molecule has 2 unspecified atom stereocenters. The number of nitrogens with one attached hydrogen (secondary N) is 2. The lowest BCUT2D eigenvalue weighted by Gasteiger charge is -2.30. The van der Waals surface area contributed by atoms with Crippen molar-refractivity contribution in [3.8, 4) is 11.5 Å². The molecule has 1 aromatic carbocycles. The van der Waals surface area contributed by atoms with E-state index in [1.54, 1.807) is 41.5 Å². The molecule has 2 heterocycles. The van der Waals surface area contributed by atoms with Crippen molar-refractivity contribution in [3.05, 3.63) is 28.5 Å². The minimum absolute atomic E-state index is 0.105. The second-order valence-corrected chi connectivity index (χ2v) is 12.5. The third-order valence-corrected chi connectivity index (χ3v) is 6.67. The van der Waals surface area contributed by atoms with E-state index >= 15 is 0 Å². The van der Waals surface area contributed by atoms with Gasteiger partial charge in [0.1, 0.15) is 56.4 Å². The number of imide groups is 1. The summed E-state index contributed by atoms with van der Waals surface area (Å²) in [6, 6.07) is 1.22. The minimum atomic E-state index is -1.06. The topological polar surface area (TPSA) is 154 Å². The standard InChI is InChI=1S/C28H38Cl2N6O8/c1-27(2,3)43-24(37)34-16-13-42-12-15(16)33-19-11-20(32-14-31-19)35(7)25(38)36(26(39)44-28(4,5)6)23-21(29)17(40-8)10-18(41-9)22(23)30/h10-11,14-16H,12-13H2,1-9H3,(H,34,37)(H,31,32,33). The zero-order valence-corrected chi connectivity index (χ0v) is 27.6. The average molecular weight is 658 g/mol. The number of rotatable bonds is 7. The first kappa shape index (κ1) is 34.7. The molecule has 1 fully saturated rings. The molecule has 1 saturated heterocycles. The van der Waals surface area contributed by atoms with Gasteiger partial charge in [-0.3, -0.25) is 4.90 Å². The number of anilines is 3. The fourth-order valence-corrected chi connectivity index (χ4v) is 4.66. The third kappa shape index (κ3) is 8.67. The number of urea groups is 1. The normalized spacial score (nSPS) is 16.5. The molecule has 16 heteroatoms. The van der Waals surface area contributed by atoms with Gasteiger partial charge in [-0.1, -0.05) is 23.2 Å². The fraction of sp³-hybridized carbons (Fsp3) is 0.536. The summed E-state index contributed by atoms with van der Waals surface area (Å²) in [5.41, 5.74) is -1.85. The predicted molar refractivity (Wildman–Crippen MR) is 165 cm³/mol. The van der Waals surface area contributed by atoms with Crippen LogP contribution < -0.4 is 29.9 Å². The van der Waals surface area contributed by atoms with Crippen LogP contribution in [0.1, 0.15) is 41.5 Å². The Morgan fingerprint density at radius 1 is 0.909 bits per heavy atom. The molecule has 1 aliphatic heterocycles. The van der Waals surface area contributed by atoms with Crippen molar-refractivity contribution in [1.29, 1.82) is 0 Å². The molecule has 2 N–H and O–H groups in total. The van der Waals surface area contributed by atoms with Crippen LogP contribution in [-0.2, 0) is 14.2 Å². The first-order valence-electron chi connectivity index (χ1n) is 13.5. The van der Waals surface area contributed by atoms with Crippen LogP contribution in [0, 0.1) is 0 Å². The van der Waals surface area contributed by atoms with E-state index in [9.17, 15) is 14.4 Å². The molecule has 1 aromatic heterocycles. The Morgan fingerprint density at radius 3 is 2.02 bits per heavy atom. The Balaban J connectivity index is 1.93. The van der Waals surface area contributed by atoms with Crippen LogP contribution in [0.4, 0.5) is 31.7 Å². The second-order valence-electron chi connectivity index (χ2n) is 11.7. The van der Waals surface area contributed by atoms with Crippen molar-refractivity contribution in [1.82, 2.24) is 15.3 Å². The zero-order chi connectivity index (χ0) is 33.0. The number of carbonyl (C=O) groups excluding carboxylic acids is 3. The second kappa shape index (κ2) is 13.9. The predicted octanol–water partition coefficient (Wildman–Crippen LogP) is 5.50. The van der Waals surface area contributed by atoms with Crippen LogP contribution in [0.15, 0.2) is 18.5 Å². The lowest BCUT2D eigenvalue weighted by Crippen LogP contribution is -2.48. The summed E-state index contributed by atoms with van der Waals surface area (Å²) in [7, 11) is 4.13. The SMILES string of the molecule is COc1cc(OC)c(Cl)c(N(C(=O)OC(C)(C)C)C(=O)N(C)c2cc(NC3COCC3NC(=O)OC(C)(C)C)ncn2)c1Cl. The molecule has 1 aliphatic rings. The van der Waals surface area contributed by atoms with E-state index in [4.69, 9.17) is 46.9 Å². The quantitative estimate of drug-likeness (QED) is 0.388. The van der Waals surface area contributed by atoms with Crippen molar-refractivity contribution < 1.29 is 38.1 Å². The van der Waals surface area contributed by atoms with Crippen LogP contribution >= 0.6 is 23.2 Å². The highest BCUT2D eigenvalue weighted by Crippen LogP contribution is 2.46. The van der Waals surface area contributed by atoms with E-state index < -0.39 is 35.5 Å². The van der Waals surface area contributed by atoms with E-state index in [0.717, 1.165) is 4.90 Å². The molecule has 2 atom stereocenters. The molecule has 44 heavy (non-hydrogen) atoms. The molecular weight excluding hydrogens is 619 g/mol. The van der Waals surface area contributed by atoms with Crippen LogP contribution in [0.25, 0.3) is 0 Å². The highest BCUT2D eigenvalue weighted by atomic mass is 35.5. The van der Waals surface area contributed by atoms with Gasteiger partial charge in [0.05, 0.1) is 39.5 Å². The molecule has 14 nitrogen and oxygen atoms in total. The lowest BCUT2D eigenvalue weighted by atomic mass is 10.1. The van der Waals surface area contributed by atoms with Gasteiger partial charge in [0.25, 0.3) is 0 Å². The van der Waals surface area contributed by atoms with E-state index in [-0.39, 0.29) is 52.3 Å². The number of hydrogen-bond acceptors (Lipinski definition) is 11. The smallest absolute Gasteiger partial charge is 0.423 e. The van der Waals surface area contributed by atoms with Crippen LogP contribution in [0.3, 0.4) is 0 Å². The first-order valence-corrected chi connectivity index (χ1v) is 14.3. The monoisotopic (exact) mass is 656 g/mol. The Labute approximate surface area is 266 Å². The summed E-state index contributed by atoms with van der Waals surface area (Å²) in [6.45, 7) is 10.8. The Kier molecular flexibility index (Phi) is 11.0. The largest absolute Gasteiger partial charge is 0.495 e. The molecule has 0 spiro atoms. The molecule has 2 aromatic rings. The highest BCUT2D eigenvalue weighted by Gasteiger charge is 2.37. The average Bonchev–Trinajstić information content (AvgIpc) is 3.34. The number of methoxy groups -OCH3 is 2. The number of nitrogens with zero attached hydrogens (tertiary/aromatic N) is 4. The summed E-state index contributed by atoms with van der Waals surface area (Å²) in [4.78, 5) is 50.0. The molecule has 3 rings (SSSR count). The molecule has 0 saturated carbocycles.